The Bertz CT molecular complexity index is 1700. The number of aliphatic hydroxyl groups excluding tert-OH is 1. The van der Waals surface area contributed by atoms with Gasteiger partial charge in [-0.25, -0.2) is 9.59 Å². The number of anilines is 3. The van der Waals surface area contributed by atoms with Crippen molar-refractivity contribution in [3.8, 4) is 5.75 Å². The number of carbonyl (C=O) groups excluding carboxylic acids is 3. The molecule has 0 spiro atoms. The van der Waals surface area contributed by atoms with Gasteiger partial charge in [0.2, 0.25) is 0 Å². The summed E-state index contributed by atoms with van der Waals surface area (Å²) in [5.74, 6) is 0.247. The zero-order valence-corrected chi connectivity index (χ0v) is 26.0. The zero-order chi connectivity index (χ0) is 32.2. The molecule has 4 aromatic rings. The predicted octanol–water partition coefficient (Wildman–Crippen LogP) is 5.47. The van der Waals surface area contributed by atoms with Crippen LogP contribution in [0.15, 0.2) is 65.2 Å². The number of nitrogens with zero attached hydrogens (tertiary/aromatic N) is 3. The van der Waals surface area contributed by atoms with E-state index in [0.717, 1.165) is 10.8 Å². The number of ether oxygens (including phenoxy) is 1. The minimum Gasteiger partial charge on any atom is -0.487 e. The van der Waals surface area contributed by atoms with Gasteiger partial charge in [-0.2, -0.15) is 0 Å². The molecule has 5 amide bonds. The number of hydrogen-bond acceptors (Lipinski definition) is 7. The van der Waals surface area contributed by atoms with Crippen molar-refractivity contribution in [1.82, 2.24) is 15.0 Å². The van der Waals surface area contributed by atoms with Gasteiger partial charge in [0.25, 0.3) is 5.91 Å². The van der Waals surface area contributed by atoms with Crippen LogP contribution in [0.1, 0.15) is 35.7 Å². The normalized spacial score (nSPS) is 17.0. The summed E-state index contributed by atoms with van der Waals surface area (Å²) in [6, 6.07) is 17.1. The van der Waals surface area contributed by atoms with Gasteiger partial charge in [-0.3, -0.25) is 4.79 Å². The van der Waals surface area contributed by atoms with E-state index >= 15 is 0 Å². The smallest absolute Gasteiger partial charge is 0.323 e. The molecule has 0 saturated heterocycles. The van der Waals surface area contributed by atoms with Crippen LogP contribution in [0.2, 0.25) is 0 Å². The Morgan fingerprint density at radius 1 is 1.09 bits per heavy atom. The molecule has 0 bridgehead atoms. The highest BCUT2D eigenvalue weighted by Gasteiger charge is 2.34. The molecule has 0 saturated carbocycles. The van der Waals surface area contributed by atoms with Crippen molar-refractivity contribution in [2.24, 2.45) is 5.92 Å². The van der Waals surface area contributed by atoms with E-state index in [1.54, 1.807) is 55.8 Å². The molecule has 12 nitrogen and oxygen atoms in total. The number of rotatable bonds is 7. The van der Waals surface area contributed by atoms with E-state index in [2.05, 4.69) is 21.1 Å². The van der Waals surface area contributed by atoms with E-state index in [4.69, 9.17) is 9.26 Å². The highest BCUT2D eigenvalue weighted by molar-refractivity contribution is 6.03. The van der Waals surface area contributed by atoms with Crippen LogP contribution in [-0.2, 0) is 0 Å². The van der Waals surface area contributed by atoms with Crippen molar-refractivity contribution < 1.29 is 28.8 Å². The SMILES string of the molecule is Cc1noc(C)c1NC(=O)Nc1ccc2c(c1)C(=O)N([C@@H](C)CO)C[C@@H](C)[C@@H](CN(C)C(=O)Nc1cccc3ccccc13)O2. The van der Waals surface area contributed by atoms with E-state index in [1.165, 1.54) is 0 Å². The lowest BCUT2D eigenvalue weighted by molar-refractivity contribution is 0.0371. The number of nitrogens with one attached hydrogen (secondary N) is 3. The molecule has 2 heterocycles. The minimum absolute atomic E-state index is 0.192. The van der Waals surface area contributed by atoms with E-state index in [9.17, 15) is 19.5 Å². The first-order chi connectivity index (χ1) is 21.5. The van der Waals surface area contributed by atoms with Gasteiger partial charge in [0.15, 0.2) is 5.76 Å². The highest BCUT2D eigenvalue weighted by Crippen LogP contribution is 2.31. The zero-order valence-electron chi connectivity index (χ0n) is 26.0. The Morgan fingerprint density at radius 2 is 1.84 bits per heavy atom. The first kappa shape index (κ1) is 31.3. The Hall–Kier alpha value is -5.10. The van der Waals surface area contributed by atoms with Crippen LogP contribution in [0.5, 0.6) is 5.75 Å². The molecular formula is C33H38N6O6. The molecule has 1 aliphatic heterocycles. The number of aryl methyl sites for hydroxylation is 2. The van der Waals surface area contributed by atoms with Crippen molar-refractivity contribution in [2.45, 2.75) is 39.8 Å². The van der Waals surface area contributed by atoms with Crippen LogP contribution < -0.4 is 20.7 Å². The molecule has 4 N–H and O–H groups in total. The second-order valence-electron chi connectivity index (χ2n) is 11.4. The maximum absolute atomic E-state index is 13.8. The van der Waals surface area contributed by atoms with Gasteiger partial charge in [0.05, 0.1) is 30.4 Å². The van der Waals surface area contributed by atoms with E-state index in [1.807, 2.05) is 49.4 Å². The lowest BCUT2D eigenvalue weighted by atomic mass is 9.99. The van der Waals surface area contributed by atoms with Crippen molar-refractivity contribution in [3.63, 3.8) is 0 Å². The Morgan fingerprint density at radius 3 is 2.58 bits per heavy atom. The monoisotopic (exact) mass is 614 g/mol. The summed E-state index contributed by atoms with van der Waals surface area (Å²) < 4.78 is 11.5. The molecule has 0 unspecified atom stereocenters. The number of amides is 5. The number of fused-ring (bicyclic) bond motifs is 2. The third-order valence-electron chi connectivity index (χ3n) is 8.03. The average molecular weight is 615 g/mol. The van der Waals surface area contributed by atoms with Crippen molar-refractivity contribution in [2.75, 3.05) is 42.7 Å². The summed E-state index contributed by atoms with van der Waals surface area (Å²) in [6.45, 7) is 7.41. The molecule has 45 heavy (non-hydrogen) atoms. The molecule has 1 aliphatic rings. The molecule has 3 atom stereocenters. The molecule has 12 heteroatoms. The van der Waals surface area contributed by atoms with Crippen molar-refractivity contribution >= 4 is 45.8 Å². The molecule has 0 fully saturated rings. The number of aromatic nitrogens is 1. The van der Waals surface area contributed by atoms with Gasteiger partial charge in [-0.15, -0.1) is 0 Å². The van der Waals surface area contributed by atoms with Crippen LogP contribution in [0, 0.1) is 19.8 Å². The van der Waals surface area contributed by atoms with Gasteiger partial charge in [-0.1, -0.05) is 48.5 Å². The fraction of sp³-hybridized carbons (Fsp3) is 0.333. The Labute approximate surface area is 261 Å². The van der Waals surface area contributed by atoms with Gasteiger partial charge < -0.3 is 40.1 Å². The minimum atomic E-state index is -0.533. The first-order valence-corrected chi connectivity index (χ1v) is 14.8. The fourth-order valence-electron chi connectivity index (χ4n) is 5.35. The maximum Gasteiger partial charge on any atom is 0.323 e. The van der Waals surface area contributed by atoms with Crippen LogP contribution in [0.4, 0.5) is 26.7 Å². The van der Waals surface area contributed by atoms with E-state index < -0.39 is 18.2 Å². The fourth-order valence-corrected chi connectivity index (χ4v) is 5.35. The summed E-state index contributed by atoms with van der Waals surface area (Å²) in [4.78, 5) is 43.0. The molecule has 0 aliphatic carbocycles. The maximum atomic E-state index is 13.8. The molecule has 1 aromatic heterocycles. The van der Waals surface area contributed by atoms with Crippen LogP contribution >= 0.6 is 0 Å². The number of likely N-dealkylation sites (N-methyl/N-ethyl adjacent to an activating group) is 1. The lowest BCUT2D eigenvalue weighted by Gasteiger charge is -2.38. The second-order valence-corrected chi connectivity index (χ2v) is 11.4. The molecular weight excluding hydrogens is 576 g/mol. The van der Waals surface area contributed by atoms with Gasteiger partial charge >= 0.3 is 12.1 Å². The molecule has 3 aromatic carbocycles. The van der Waals surface area contributed by atoms with Crippen LogP contribution in [-0.4, -0.2) is 76.9 Å². The number of carbonyl (C=O) groups is 3. The third kappa shape index (κ3) is 6.86. The molecule has 5 rings (SSSR count). The lowest BCUT2D eigenvalue weighted by Crippen LogP contribution is -2.50. The van der Waals surface area contributed by atoms with Crippen molar-refractivity contribution in [1.29, 1.82) is 0 Å². The molecule has 0 radical (unpaired) electrons. The highest BCUT2D eigenvalue weighted by atomic mass is 16.5. The quantitative estimate of drug-likeness (QED) is 0.216. The second kappa shape index (κ2) is 13.3. The third-order valence-corrected chi connectivity index (χ3v) is 8.03. The largest absolute Gasteiger partial charge is 0.487 e. The number of aliphatic hydroxyl groups is 1. The number of urea groups is 2. The standard InChI is InChI=1S/C33H38N6O6/c1-19-16-39(20(2)18-40)31(41)26-15-24(34-32(42)36-30-21(3)37-45-22(30)4)13-14-28(26)44-29(19)17-38(5)33(43)35-27-12-8-10-23-9-6-7-11-25(23)27/h6-15,19-20,29,40H,16-18H2,1-5H3,(H,35,43)(H2,34,36,42)/t19-,20+,29-/m1/s1. The summed E-state index contributed by atoms with van der Waals surface area (Å²) >= 11 is 0. The summed E-state index contributed by atoms with van der Waals surface area (Å²) in [5, 5.41) is 24.2. The van der Waals surface area contributed by atoms with Gasteiger partial charge in [0, 0.05) is 30.6 Å². The number of benzene rings is 3. The number of hydrogen-bond donors (Lipinski definition) is 4. The first-order valence-electron chi connectivity index (χ1n) is 14.8. The predicted molar refractivity (Wildman–Crippen MR) is 172 cm³/mol. The van der Waals surface area contributed by atoms with Gasteiger partial charge in [-0.05, 0) is 50.4 Å². The van der Waals surface area contributed by atoms with Gasteiger partial charge in [0.1, 0.15) is 23.2 Å². The summed E-state index contributed by atoms with van der Waals surface area (Å²) in [7, 11) is 1.69. The topological polar surface area (TPSA) is 149 Å². The van der Waals surface area contributed by atoms with Crippen LogP contribution in [0.3, 0.4) is 0 Å². The summed E-state index contributed by atoms with van der Waals surface area (Å²) in [5.41, 5.74) is 2.29. The van der Waals surface area contributed by atoms with Crippen LogP contribution in [0.25, 0.3) is 10.8 Å². The Balaban J connectivity index is 1.36. The summed E-state index contributed by atoms with van der Waals surface area (Å²) in [6.07, 6.45) is -0.491. The van der Waals surface area contributed by atoms with E-state index in [0.29, 0.717) is 34.3 Å². The molecule has 236 valence electrons. The average Bonchev–Trinajstić information content (AvgIpc) is 3.34. The van der Waals surface area contributed by atoms with E-state index in [-0.39, 0.29) is 43.1 Å². The Kier molecular flexibility index (Phi) is 9.24. The van der Waals surface area contributed by atoms with Crippen molar-refractivity contribution in [3.05, 3.63) is 77.7 Å².